The lowest BCUT2D eigenvalue weighted by atomic mass is 9.78. The topological polar surface area (TPSA) is 92.2 Å². The summed E-state index contributed by atoms with van der Waals surface area (Å²) in [4.78, 5) is 28.9. The van der Waals surface area contributed by atoms with Gasteiger partial charge in [0.05, 0.1) is 5.92 Å². The highest BCUT2D eigenvalue weighted by Gasteiger charge is 2.65. The number of aryl methyl sites for hydroxylation is 1. The van der Waals surface area contributed by atoms with E-state index in [1.165, 1.54) is 0 Å². The maximum Gasteiger partial charge on any atom is 0.250 e. The van der Waals surface area contributed by atoms with Crippen molar-refractivity contribution >= 4 is 17.5 Å². The van der Waals surface area contributed by atoms with E-state index in [-0.39, 0.29) is 23.8 Å². The van der Waals surface area contributed by atoms with Crippen LogP contribution in [0.1, 0.15) is 37.6 Å². The lowest BCUT2D eigenvalue weighted by Gasteiger charge is -2.36. The van der Waals surface area contributed by atoms with Gasteiger partial charge in [-0.15, -0.1) is 10.2 Å². The van der Waals surface area contributed by atoms with Gasteiger partial charge in [-0.1, -0.05) is 18.2 Å². The molecule has 3 aliphatic heterocycles. The van der Waals surface area contributed by atoms with Gasteiger partial charge in [0.1, 0.15) is 17.7 Å². The van der Waals surface area contributed by atoms with Crippen molar-refractivity contribution in [2.24, 2.45) is 5.92 Å². The van der Waals surface area contributed by atoms with Crippen LogP contribution in [0.15, 0.2) is 30.6 Å². The van der Waals surface area contributed by atoms with Gasteiger partial charge in [-0.3, -0.25) is 14.5 Å². The van der Waals surface area contributed by atoms with Crippen LogP contribution in [0.5, 0.6) is 0 Å². The summed E-state index contributed by atoms with van der Waals surface area (Å²) in [7, 11) is 0. The standard InChI is InChI=1S/C21H26N6O2/c1-2-26-13-23-25-18(26)9-10-22-19(28)16-12-14-6-5-11-27(14)21(16)15-7-3-4-8-17(15)24-20(21)29/h3-4,7-8,13-14,16H,2,5-6,9-12H2,1H3,(H,22,28)(H,24,29)/t14-,16+,21+/m1/s1. The van der Waals surface area contributed by atoms with Gasteiger partial charge in [-0.25, -0.2) is 0 Å². The molecule has 0 bridgehead atoms. The first-order valence-electron chi connectivity index (χ1n) is 10.5. The summed E-state index contributed by atoms with van der Waals surface area (Å²) in [5, 5.41) is 14.2. The molecule has 3 aliphatic rings. The van der Waals surface area contributed by atoms with Gasteiger partial charge in [0.2, 0.25) is 11.8 Å². The summed E-state index contributed by atoms with van der Waals surface area (Å²) in [6, 6.07) is 8.09. The average Bonchev–Trinajstić information content (AvgIpc) is 3.47. The molecule has 1 spiro atoms. The highest BCUT2D eigenvalue weighted by Crippen LogP contribution is 2.55. The van der Waals surface area contributed by atoms with Crippen LogP contribution in [-0.2, 0) is 28.1 Å². The number of aromatic nitrogens is 3. The zero-order valence-corrected chi connectivity index (χ0v) is 16.6. The Kier molecular flexibility index (Phi) is 4.38. The minimum Gasteiger partial charge on any atom is -0.355 e. The van der Waals surface area contributed by atoms with Crippen LogP contribution in [0, 0.1) is 5.92 Å². The van der Waals surface area contributed by atoms with Crippen LogP contribution >= 0.6 is 0 Å². The van der Waals surface area contributed by atoms with Gasteiger partial charge >= 0.3 is 0 Å². The molecule has 0 saturated carbocycles. The molecule has 2 fully saturated rings. The van der Waals surface area contributed by atoms with Crippen molar-refractivity contribution < 1.29 is 9.59 Å². The molecule has 8 heteroatoms. The quantitative estimate of drug-likeness (QED) is 0.797. The molecule has 0 aliphatic carbocycles. The fraction of sp³-hybridized carbons (Fsp3) is 0.524. The first kappa shape index (κ1) is 18.3. The number of para-hydroxylation sites is 1. The zero-order chi connectivity index (χ0) is 20.0. The Morgan fingerprint density at radius 2 is 2.24 bits per heavy atom. The number of anilines is 1. The predicted molar refractivity (Wildman–Crippen MR) is 107 cm³/mol. The van der Waals surface area contributed by atoms with Crippen LogP contribution in [0.25, 0.3) is 0 Å². The van der Waals surface area contributed by atoms with Crippen molar-refractivity contribution in [2.45, 2.75) is 50.7 Å². The Morgan fingerprint density at radius 1 is 1.38 bits per heavy atom. The number of nitrogens with one attached hydrogen (secondary N) is 2. The molecular weight excluding hydrogens is 368 g/mol. The summed E-state index contributed by atoms with van der Waals surface area (Å²) < 4.78 is 1.97. The lowest BCUT2D eigenvalue weighted by Crippen LogP contribution is -2.54. The van der Waals surface area contributed by atoms with E-state index in [0.29, 0.717) is 13.0 Å². The van der Waals surface area contributed by atoms with Crippen LogP contribution in [-0.4, -0.2) is 50.6 Å². The Balaban J connectivity index is 1.40. The van der Waals surface area contributed by atoms with Crippen LogP contribution < -0.4 is 10.6 Å². The lowest BCUT2D eigenvalue weighted by molar-refractivity contribution is -0.137. The molecular formula is C21H26N6O2. The molecule has 0 unspecified atom stereocenters. The van der Waals surface area contributed by atoms with E-state index in [4.69, 9.17) is 0 Å². The van der Waals surface area contributed by atoms with E-state index in [1.54, 1.807) is 6.33 Å². The number of rotatable bonds is 5. The maximum atomic E-state index is 13.3. The summed E-state index contributed by atoms with van der Waals surface area (Å²) in [6.45, 7) is 4.18. The highest BCUT2D eigenvalue weighted by molar-refractivity contribution is 6.09. The van der Waals surface area contributed by atoms with Crippen molar-refractivity contribution in [3.05, 3.63) is 42.0 Å². The first-order valence-corrected chi connectivity index (χ1v) is 10.5. The van der Waals surface area contributed by atoms with E-state index in [0.717, 1.165) is 49.4 Å². The number of carbonyl (C=O) groups is 2. The van der Waals surface area contributed by atoms with Crippen molar-refractivity contribution in [1.29, 1.82) is 0 Å². The van der Waals surface area contributed by atoms with E-state index in [9.17, 15) is 9.59 Å². The van der Waals surface area contributed by atoms with Gasteiger partial charge < -0.3 is 15.2 Å². The zero-order valence-electron chi connectivity index (χ0n) is 16.6. The third kappa shape index (κ3) is 2.62. The molecule has 0 radical (unpaired) electrons. The van der Waals surface area contributed by atoms with Gasteiger partial charge in [0.15, 0.2) is 0 Å². The van der Waals surface area contributed by atoms with Crippen molar-refractivity contribution in [3.63, 3.8) is 0 Å². The summed E-state index contributed by atoms with van der Waals surface area (Å²) in [6.07, 6.45) is 5.16. The monoisotopic (exact) mass is 394 g/mol. The second-order valence-electron chi connectivity index (χ2n) is 8.12. The third-order valence-electron chi connectivity index (χ3n) is 6.78. The molecule has 5 rings (SSSR count). The van der Waals surface area contributed by atoms with Crippen LogP contribution in [0.3, 0.4) is 0 Å². The molecule has 3 atom stereocenters. The molecule has 2 saturated heterocycles. The van der Waals surface area contributed by atoms with Gasteiger partial charge in [-0.05, 0) is 38.8 Å². The average molecular weight is 394 g/mol. The second kappa shape index (κ2) is 6.95. The molecule has 152 valence electrons. The molecule has 1 aromatic heterocycles. The van der Waals surface area contributed by atoms with Gasteiger partial charge in [0.25, 0.3) is 0 Å². The van der Waals surface area contributed by atoms with E-state index in [1.807, 2.05) is 35.8 Å². The number of fused-ring (bicyclic) bond motifs is 4. The predicted octanol–water partition coefficient (Wildman–Crippen LogP) is 1.29. The summed E-state index contributed by atoms with van der Waals surface area (Å²) >= 11 is 0. The molecule has 2 aromatic rings. The van der Waals surface area contributed by atoms with Gasteiger partial charge in [0, 0.05) is 36.8 Å². The van der Waals surface area contributed by atoms with Crippen molar-refractivity contribution in [1.82, 2.24) is 25.0 Å². The highest BCUT2D eigenvalue weighted by atomic mass is 16.2. The Hall–Kier alpha value is -2.74. The fourth-order valence-corrected chi connectivity index (χ4v) is 5.54. The first-order chi connectivity index (χ1) is 14.2. The number of benzene rings is 1. The Labute approximate surface area is 169 Å². The summed E-state index contributed by atoms with van der Waals surface area (Å²) in [5.74, 6) is 0.363. The third-order valence-corrected chi connectivity index (χ3v) is 6.78. The van der Waals surface area contributed by atoms with Crippen molar-refractivity contribution in [3.8, 4) is 0 Å². The minimum absolute atomic E-state index is 0.0474. The van der Waals surface area contributed by atoms with E-state index in [2.05, 4.69) is 25.7 Å². The number of hydrogen-bond donors (Lipinski definition) is 2. The molecule has 8 nitrogen and oxygen atoms in total. The minimum atomic E-state index is -0.884. The maximum absolute atomic E-state index is 13.3. The number of hydrogen-bond acceptors (Lipinski definition) is 5. The molecule has 2 amide bonds. The Morgan fingerprint density at radius 3 is 3.10 bits per heavy atom. The molecule has 1 aromatic carbocycles. The van der Waals surface area contributed by atoms with Crippen LogP contribution in [0.2, 0.25) is 0 Å². The number of nitrogens with zero attached hydrogens (tertiary/aromatic N) is 4. The second-order valence-corrected chi connectivity index (χ2v) is 8.12. The van der Waals surface area contributed by atoms with E-state index < -0.39 is 5.54 Å². The van der Waals surface area contributed by atoms with Gasteiger partial charge in [-0.2, -0.15) is 0 Å². The molecule has 4 heterocycles. The number of carbonyl (C=O) groups excluding carboxylic acids is 2. The van der Waals surface area contributed by atoms with Crippen LogP contribution in [0.4, 0.5) is 5.69 Å². The molecule has 29 heavy (non-hydrogen) atoms. The smallest absolute Gasteiger partial charge is 0.250 e. The van der Waals surface area contributed by atoms with E-state index >= 15 is 0 Å². The van der Waals surface area contributed by atoms with Crippen molar-refractivity contribution in [2.75, 3.05) is 18.4 Å². The Bertz CT molecular complexity index is 956. The molecule has 2 N–H and O–H groups in total. The SMILES string of the molecule is CCn1cnnc1CCNC(=O)[C@@H]1C[C@H]2CCCN2[C@]12C(=O)Nc1ccccc12. The fourth-order valence-electron chi connectivity index (χ4n) is 5.54. The number of amides is 2. The largest absolute Gasteiger partial charge is 0.355 e. The normalized spacial score (nSPS) is 27.8. The summed E-state index contributed by atoms with van der Waals surface area (Å²) in [5.41, 5.74) is 0.893.